The van der Waals surface area contributed by atoms with Crippen molar-refractivity contribution in [3.63, 3.8) is 0 Å². The minimum absolute atomic E-state index is 0.202. The topological polar surface area (TPSA) is 72.1 Å². The molecule has 0 aromatic heterocycles. The van der Waals surface area contributed by atoms with Crippen LogP contribution < -0.4 is 29.7 Å². The van der Waals surface area contributed by atoms with E-state index < -0.39 is 0 Å². The lowest BCUT2D eigenvalue weighted by Gasteiger charge is -2.20. The molecule has 1 heterocycles. The number of benzene rings is 2. The van der Waals surface area contributed by atoms with Gasteiger partial charge in [0.05, 0.1) is 21.3 Å². The van der Waals surface area contributed by atoms with E-state index in [1.54, 1.807) is 21.3 Å². The van der Waals surface area contributed by atoms with E-state index in [1.807, 2.05) is 42.5 Å². The van der Waals surface area contributed by atoms with Crippen LogP contribution in [0.4, 0.5) is 16.2 Å². The van der Waals surface area contributed by atoms with Crippen LogP contribution in [-0.4, -0.2) is 47.0 Å². The number of rotatable bonds is 7. The van der Waals surface area contributed by atoms with Gasteiger partial charge in [-0.3, -0.25) is 0 Å². The molecule has 7 heteroatoms. The molecule has 0 radical (unpaired) electrons. The van der Waals surface area contributed by atoms with Crippen LogP contribution in [0.1, 0.15) is 6.42 Å². The van der Waals surface area contributed by atoms with Crippen molar-refractivity contribution in [2.75, 3.05) is 51.2 Å². The van der Waals surface area contributed by atoms with Crippen molar-refractivity contribution in [3.05, 3.63) is 42.5 Å². The Labute approximate surface area is 165 Å². The molecule has 0 bridgehead atoms. The fraction of sp³-hybridized carbons (Fsp3) is 0.381. The monoisotopic (exact) mass is 385 g/mol. The van der Waals surface area contributed by atoms with E-state index in [-0.39, 0.29) is 6.03 Å². The maximum Gasteiger partial charge on any atom is 0.319 e. The first-order valence-corrected chi connectivity index (χ1v) is 9.28. The van der Waals surface area contributed by atoms with Crippen LogP contribution in [0.3, 0.4) is 0 Å². The minimum Gasteiger partial charge on any atom is -0.497 e. The first-order valence-electron chi connectivity index (χ1n) is 9.28. The van der Waals surface area contributed by atoms with Crippen LogP contribution in [0.2, 0.25) is 0 Å². The number of amides is 2. The highest BCUT2D eigenvalue weighted by molar-refractivity contribution is 5.89. The molecule has 7 nitrogen and oxygen atoms in total. The van der Waals surface area contributed by atoms with Gasteiger partial charge in [0, 0.05) is 49.2 Å². The summed E-state index contributed by atoms with van der Waals surface area (Å²) in [7, 11) is 4.91. The molecule has 1 aliphatic rings. The predicted octanol–water partition coefficient (Wildman–Crippen LogP) is 3.36. The number of carbonyl (C=O) groups is 1. The van der Waals surface area contributed by atoms with Crippen LogP contribution in [0.5, 0.6) is 17.2 Å². The van der Waals surface area contributed by atoms with Crippen molar-refractivity contribution in [2.45, 2.75) is 6.42 Å². The highest BCUT2D eigenvalue weighted by Crippen LogP contribution is 2.31. The summed E-state index contributed by atoms with van der Waals surface area (Å²) in [5.41, 5.74) is 1.80. The van der Waals surface area contributed by atoms with Gasteiger partial charge in [0.2, 0.25) is 0 Å². The van der Waals surface area contributed by atoms with Crippen molar-refractivity contribution in [1.82, 2.24) is 5.32 Å². The number of urea groups is 1. The molecule has 0 saturated carbocycles. The zero-order valence-corrected chi connectivity index (χ0v) is 16.5. The molecule has 28 heavy (non-hydrogen) atoms. The molecular formula is C21H27N3O4. The van der Waals surface area contributed by atoms with Crippen LogP contribution in [0.15, 0.2) is 42.5 Å². The van der Waals surface area contributed by atoms with Crippen LogP contribution >= 0.6 is 0 Å². The Kier molecular flexibility index (Phi) is 6.47. The molecule has 1 unspecified atom stereocenters. The summed E-state index contributed by atoms with van der Waals surface area (Å²) < 4.78 is 15.8. The van der Waals surface area contributed by atoms with Gasteiger partial charge in [0.15, 0.2) is 0 Å². The Morgan fingerprint density at radius 1 is 1.00 bits per heavy atom. The third-order valence-corrected chi connectivity index (χ3v) is 4.89. The van der Waals surface area contributed by atoms with Crippen molar-refractivity contribution in [1.29, 1.82) is 0 Å². The normalized spacial score (nSPS) is 15.8. The fourth-order valence-electron chi connectivity index (χ4n) is 3.30. The summed E-state index contributed by atoms with van der Waals surface area (Å²) in [5.74, 6) is 2.69. The van der Waals surface area contributed by atoms with Gasteiger partial charge in [-0.15, -0.1) is 0 Å². The summed E-state index contributed by atoms with van der Waals surface area (Å²) in [6.45, 7) is 2.43. The van der Waals surface area contributed by atoms with E-state index in [0.717, 1.165) is 48.1 Å². The lowest BCUT2D eigenvalue weighted by molar-refractivity contribution is 0.250. The van der Waals surface area contributed by atoms with Crippen molar-refractivity contribution >= 4 is 17.4 Å². The lowest BCUT2D eigenvalue weighted by Crippen LogP contribution is -2.34. The molecule has 1 fully saturated rings. The van der Waals surface area contributed by atoms with Crippen molar-refractivity contribution in [2.24, 2.45) is 5.92 Å². The summed E-state index contributed by atoms with van der Waals surface area (Å²) in [6.07, 6.45) is 1.02. The third kappa shape index (κ3) is 5.00. The maximum atomic E-state index is 12.1. The molecule has 1 saturated heterocycles. The Balaban J connectivity index is 1.50. The van der Waals surface area contributed by atoms with Crippen LogP contribution in [0, 0.1) is 5.92 Å². The highest BCUT2D eigenvalue weighted by atomic mass is 16.5. The number of nitrogens with zero attached hydrogens (tertiary/aromatic N) is 1. The van der Waals surface area contributed by atoms with Gasteiger partial charge >= 0.3 is 6.03 Å². The lowest BCUT2D eigenvalue weighted by atomic mass is 10.1. The molecule has 0 spiro atoms. The van der Waals surface area contributed by atoms with E-state index in [4.69, 9.17) is 14.2 Å². The van der Waals surface area contributed by atoms with Gasteiger partial charge < -0.3 is 29.7 Å². The second-order valence-electron chi connectivity index (χ2n) is 6.74. The van der Waals surface area contributed by atoms with Crippen molar-refractivity contribution < 1.29 is 19.0 Å². The average Bonchev–Trinajstić information content (AvgIpc) is 3.21. The Bertz CT molecular complexity index is 772. The molecule has 150 valence electrons. The van der Waals surface area contributed by atoms with E-state index in [1.165, 1.54) is 0 Å². The summed E-state index contributed by atoms with van der Waals surface area (Å²) in [5, 5.41) is 5.80. The molecule has 1 aliphatic heterocycles. The molecular weight excluding hydrogens is 358 g/mol. The minimum atomic E-state index is -0.202. The molecule has 3 rings (SSSR count). The number of nitrogens with one attached hydrogen (secondary N) is 2. The van der Waals surface area contributed by atoms with E-state index in [0.29, 0.717) is 12.5 Å². The zero-order valence-electron chi connectivity index (χ0n) is 16.5. The van der Waals surface area contributed by atoms with Gasteiger partial charge in [-0.1, -0.05) is 0 Å². The quantitative estimate of drug-likeness (QED) is 0.765. The van der Waals surface area contributed by atoms with E-state index in [9.17, 15) is 4.79 Å². The molecule has 0 aliphatic carbocycles. The fourth-order valence-corrected chi connectivity index (χ4v) is 3.30. The van der Waals surface area contributed by atoms with Gasteiger partial charge in [0.25, 0.3) is 0 Å². The molecule has 2 N–H and O–H groups in total. The molecule has 2 amide bonds. The summed E-state index contributed by atoms with van der Waals surface area (Å²) in [6, 6.07) is 12.9. The Hall–Kier alpha value is -3.09. The number of ether oxygens (including phenoxy) is 3. The Morgan fingerprint density at radius 3 is 2.25 bits per heavy atom. The number of hydrogen-bond acceptors (Lipinski definition) is 5. The van der Waals surface area contributed by atoms with E-state index >= 15 is 0 Å². The van der Waals surface area contributed by atoms with Gasteiger partial charge in [-0.2, -0.15) is 0 Å². The zero-order chi connectivity index (χ0) is 19.9. The number of methoxy groups -OCH3 is 3. The number of hydrogen-bond donors (Lipinski definition) is 2. The van der Waals surface area contributed by atoms with E-state index in [2.05, 4.69) is 15.5 Å². The summed E-state index contributed by atoms with van der Waals surface area (Å²) >= 11 is 0. The first-order chi connectivity index (χ1) is 13.6. The standard InChI is InChI=1S/C21H27N3O4/c1-26-18-6-4-16(5-7-18)23-21(25)22-13-15-8-9-24(14-15)17-10-19(27-2)12-20(11-17)28-3/h4-7,10-12,15H,8-9,13-14H2,1-3H3,(H2,22,23,25). The van der Waals surface area contributed by atoms with Crippen LogP contribution in [0.25, 0.3) is 0 Å². The number of anilines is 2. The summed E-state index contributed by atoms with van der Waals surface area (Å²) in [4.78, 5) is 14.4. The molecule has 1 atom stereocenters. The predicted molar refractivity (Wildman–Crippen MR) is 110 cm³/mol. The second-order valence-corrected chi connectivity index (χ2v) is 6.74. The number of carbonyl (C=O) groups excluding carboxylic acids is 1. The van der Waals surface area contributed by atoms with Gasteiger partial charge in [-0.25, -0.2) is 4.79 Å². The smallest absolute Gasteiger partial charge is 0.319 e. The molecule has 2 aromatic rings. The van der Waals surface area contributed by atoms with Gasteiger partial charge in [0.1, 0.15) is 17.2 Å². The first kappa shape index (κ1) is 19.7. The van der Waals surface area contributed by atoms with Gasteiger partial charge in [-0.05, 0) is 36.6 Å². The molecule has 2 aromatic carbocycles. The third-order valence-electron chi connectivity index (χ3n) is 4.89. The highest BCUT2D eigenvalue weighted by Gasteiger charge is 2.24. The Morgan fingerprint density at radius 2 is 1.64 bits per heavy atom. The SMILES string of the molecule is COc1ccc(NC(=O)NCC2CCN(c3cc(OC)cc(OC)c3)C2)cc1. The average molecular weight is 385 g/mol. The second kappa shape index (κ2) is 9.21. The largest absolute Gasteiger partial charge is 0.497 e. The maximum absolute atomic E-state index is 12.1. The van der Waals surface area contributed by atoms with Crippen molar-refractivity contribution in [3.8, 4) is 17.2 Å². The van der Waals surface area contributed by atoms with Crippen LogP contribution in [-0.2, 0) is 0 Å².